The van der Waals surface area contributed by atoms with Crippen molar-refractivity contribution in [2.45, 2.75) is 52.1 Å². The lowest BCUT2D eigenvalue weighted by Crippen LogP contribution is -2.39. The smallest absolute Gasteiger partial charge is 0.311 e. The van der Waals surface area contributed by atoms with Gasteiger partial charge in [0.25, 0.3) is 5.91 Å². The van der Waals surface area contributed by atoms with Gasteiger partial charge in [-0.15, -0.1) is 4.36 Å². The van der Waals surface area contributed by atoms with E-state index in [1.807, 2.05) is 45.1 Å². The monoisotopic (exact) mass is 529 g/mol. The van der Waals surface area contributed by atoms with Crippen molar-refractivity contribution in [3.63, 3.8) is 0 Å². The van der Waals surface area contributed by atoms with E-state index in [9.17, 15) is 19.1 Å². The number of amides is 1. The highest BCUT2D eigenvalue weighted by Gasteiger charge is 2.38. The number of carbonyl (C=O) groups excluding carboxylic acids is 1. The van der Waals surface area contributed by atoms with E-state index in [1.54, 1.807) is 7.11 Å². The number of hydrogen-bond acceptors (Lipinski definition) is 6. The molecule has 0 saturated carbocycles. The average Bonchev–Trinajstić information content (AvgIpc) is 2.85. The van der Waals surface area contributed by atoms with Crippen LogP contribution in [0.3, 0.4) is 0 Å². The molecule has 3 rings (SSSR count). The minimum atomic E-state index is -3.30. The first kappa shape index (κ1) is 28.5. The van der Waals surface area contributed by atoms with Crippen LogP contribution in [0.1, 0.15) is 60.2 Å². The number of rotatable bonds is 10. The minimum Gasteiger partial charge on any atom is -0.483 e. The Balaban J connectivity index is 1.84. The van der Waals surface area contributed by atoms with E-state index in [0.717, 1.165) is 30.0 Å². The molecule has 2 aromatic rings. The number of nitro benzene ring substituents is 1. The summed E-state index contributed by atoms with van der Waals surface area (Å²) in [6.45, 7) is 5.84. The minimum absolute atomic E-state index is 0.00525. The van der Waals surface area contributed by atoms with Crippen molar-refractivity contribution in [3.05, 3.63) is 80.9 Å². The first-order valence-corrected chi connectivity index (χ1v) is 14.0. The van der Waals surface area contributed by atoms with E-state index in [4.69, 9.17) is 14.6 Å². The lowest BCUT2D eigenvalue weighted by molar-refractivity contribution is -0.386. The van der Waals surface area contributed by atoms with Gasteiger partial charge < -0.3 is 9.47 Å². The Hall–Kier alpha value is -3.08. The van der Waals surface area contributed by atoms with Crippen LogP contribution in [-0.2, 0) is 26.7 Å². The van der Waals surface area contributed by atoms with Crippen LogP contribution in [0.4, 0.5) is 5.69 Å². The lowest BCUT2D eigenvalue weighted by atomic mass is 9.79. The van der Waals surface area contributed by atoms with Crippen molar-refractivity contribution < 1.29 is 23.4 Å². The fourth-order valence-corrected chi connectivity index (χ4v) is 6.09. The molecule has 3 atom stereocenters. The Morgan fingerprint density at radius 1 is 1.32 bits per heavy atom. The highest BCUT2D eigenvalue weighted by molar-refractivity contribution is 7.91. The molecule has 0 bridgehead atoms. The number of fused-ring (bicyclic) bond motifs is 1. The molecule has 10 heteroatoms. The molecule has 200 valence electrons. The molecule has 1 aliphatic carbocycles. The van der Waals surface area contributed by atoms with Crippen molar-refractivity contribution in [2.75, 3.05) is 19.5 Å². The molecular weight excluding hydrogens is 494 g/mol. The van der Waals surface area contributed by atoms with E-state index in [2.05, 4.69) is 10.4 Å². The summed E-state index contributed by atoms with van der Waals surface area (Å²) in [4.78, 5) is 23.9. The van der Waals surface area contributed by atoms with Gasteiger partial charge in [-0.3, -0.25) is 14.9 Å². The third-order valence-electron chi connectivity index (χ3n) is 6.57. The molecule has 0 aliphatic heterocycles. The van der Waals surface area contributed by atoms with Crippen LogP contribution >= 0.6 is 0 Å². The third kappa shape index (κ3) is 7.03. The molecule has 2 N–H and O–H groups in total. The quantitative estimate of drug-likeness (QED) is 0.254. The first-order valence-electron chi connectivity index (χ1n) is 12.2. The maximum Gasteiger partial charge on any atom is 0.311 e. The van der Waals surface area contributed by atoms with Gasteiger partial charge in [0.2, 0.25) is 0 Å². The van der Waals surface area contributed by atoms with E-state index in [1.165, 1.54) is 17.7 Å². The van der Waals surface area contributed by atoms with Crippen LogP contribution in [-0.4, -0.2) is 34.5 Å². The number of allylic oxidation sites excluding steroid dienone is 2. The molecule has 0 fully saturated rings. The second kappa shape index (κ2) is 12.0. The van der Waals surface area contributed by atoms with Crippen molar-refractivity contribution in [3.8, 4) is 5.75 Å². The van der Waals surface area contributed by atoms with Gasteiger partial charge in [0.15, 0.2) is 5.75 Å². The Morgan fingerprint density at radius 2 is 2.08 bits per heavy atom. The van der Waals surface area contributed by atoms with Crippen LogP contribution in [0.5, 0.6) is 5.75 Å². The van der Waals surface area contributed by atoms with E-state index in [0.29, 0.717) is 12.8 Å². The standard InChI is InChI=1S/C27H35N3O6S/c1-5-6-8-20(3)17-37(28,34)29-26(31)22-11-13-25(24(16-22)30(32)33)36-18-27(35-4)14-7-9-21-15-19(2)10-12-23(21)27/h5-6,10-13,15-16,20H,7-9,14,17-18H2,1-4H3,(H2,28,29,31,34)/b6-5-/t20-,27-,37?/m0/s1. The summed E-state index contributed by atoms with van der Waals surface area (Å²) in [6.07, 6.45) is 6.99. The number of carbonyl (C=O) groups is 1. The van der Waals surface area contributed by atoms with Crippen molar-refractivity contribution in [1.29, 1.82) is 0 Å². The number of benzene rings is 2. The molecule has 0 saturated heterocycles. The SMILES string of the molecule is C/C=C\C[C@H](C)CS(N)(=O)=NC(=O)c1ccc(OC[C@@]2(OC)CCCc3cc(C)ccc32)c([N+](=O)[O-])c1. The summed E-state index contributed by atoms with van der Waals surface area (Å²) in [7, 11) is -1.68. The van der Waals surface area contributed by atoms with Gasteiger partial charge in [0.1, 0.15) is 22.1 Å². The maximum atomic E-state index is 12.7. The van der Waals surface area contributed by atoms with Gasteiger partial charge in [-0.25, -0.2) is 9.35 Å². The number of nitrogens with zero attached hydrogens (tertiary/aromatic N) is 2. The zero-order valence-corrected chi connectivity index (χ0v) is 22.6. The van der Waals surface area contributed by atoms with Gasteiger partial charge in [-0.2, -0.15) is 0 Å². The number of methoxy groups -OCH3 is 1. The Morgan fingerprint density at radius 3 is 2.76 bits per heavy atom. The molecule has 0 aromatic heterocycles. The maximum absolute atomic E-state index is 12.7. The second-order valence-corrected chi connectivity index (χ2v) is 11.5. The first-order chi connectivity index (χ1) is 17.5. The Kier molecular flexibility index (Phi) is 9.22. The van der Waals surface area contributed by atoms with Crippen LogP contribution in [0.2, 0.25) is 0 Å². The third-order valence-corrected chi connectivity index (χ3v) is 8.09. The fourth-order valence-electron chi connectivity index (χ4n) is 4.68. The normalized spacial score (nSPS) is 19.6. The van der Waals surface area contributed by atoms with E-state index < -0.39 is 32.0 Å². The summed E-state index contributed by atoms with van der Waals surface area (Å²) in [5.41, 5.74) is 2.13. The summed E-state index contributed by atoms with van der Waals surface area (Å²) in [5.74, 6) is -0.875. The Bertz CT molecular complexity index is 1320. The molecular formula is C27H35N3O6S. The number of nitro groups is 1. The van der Waals surface area contributed by atoms with Crippen LogP contribution in [0.25, 0.3) is 0 Å². The largest absolute Gasteiger partial charge is 0.483 e. The topological polar surface area (TPSA) is 134 Å². The highest BCUT2D eigenvalue weighted by Crippen LogP contribution is 2.40. The molecule has 0 spiro atoms. The molecule has 1 aliphatic rings. The molecule has 0 heterocycles. The summed E-state index contributed by atoms with van der Waals surface area (Å²) >= 11 is 0. The molecule has 1 amide bonds. The van der Waals surface area contributed by atoms with Crippen molar-refractivity contribution >= 4 is 21.5 Å². The second-order valence-electron chi connectivity index (χ2n) is 9.60. The molecule has 2 aromatic carbocycles. The fraction of sp³-hybridized carbons (Fsp3) is 0.444. The lowest BCUT2D eigenvalue weighted by Gasteiger charge is -2.37. The number of ether oxygens (including phenoxy) is 2. The number of nitrogens with two attached hydrogens (primary N) is 1. The highest BCUT2D eigenvalue weighted by atomic mass is 32.2. The summed E-state index contributed by atoms with van der Waals surface area (Å²) in [6, 6.07) is 9.97. The molecule has 0 radical (unpaired) electrons. The van der Waals surface area contributed by atoms with Gasteiger partial charge in [-0.1, -0.05) is 42.8 Å². The number of hydrogen-bond donors (Lipinski definition) is 1. The van der Waals surface area contributed by atoms with Gasteiger partial charge >= 0.3 is 5.69 Å². The van der Waals surface area contributed by atoms with Gasteiger partial charge in [-0.05, 0) is 68.7 Å². The van der Waals surface area contributed by atoms with Crippen LogP contribution < -0.4 is 9.88 Å². The van der Waals surface area contributed by atoms with Gasteiger partial charge in [0, 0.05) is 24.5 Å². The van der Waals surface area contributed by atoms with Crippen LogP contribution in [0.15, 0.2) is 52.9 Å². The number of aryl methyl sites for hydroxylation is 2. The van der Waals surface area contributed by atoms with Crippen LogP contribution in [0, 0.1) is 23.0 Å². The van der Waals surface area contributed by atoms with E-state index in [-0.39, 0.29) is 29.6 Å². The summed E-state index contributed by atoms with van der Waals surface area (Å²) < 4.78 is 28.3. The van der Waals surface area contributed by atoms with E-state index >= 15 is 0 Å². The zero-order chi connectivity index (χ0) is 27.2. The predicted octanol–water partition coefficient (Wildman–Crippen LogP) is 5.24. The van der Waals surface area contributed by atoms with Crippen molar-refractivity contribution in [1.82, 2.24) is 0 Å². The van der Waals surface area contributed by atoms with Gasteiger partial charge in [0.05, 0.1) is 4.92 Å². The summed E-state index contributed by atoms with van der Waals surface area (Å²) in [5, 5.41) is 17.6. The average molecular weight is 530 g/mol. The van der Waals surface area contributed by atoms with Crippen molar-refractivity contribution in [2.24, 2.45) is 15.4 Å². The molecule has 9 nitrogen and oxygen atoms in total. The predicted molar refractivity (Wildman–Crippen MR) is 144 cm³/mol. The molecule has 37 heavy (non-hydrogen) atoms. The molecule has 1 unspecified atom stereocenters. The Labute approximate surface area is 218 Å². The zero-order valence-electron chi connectivity index (χ0n) is 21.8.